The van der Waals surface area contributed by atoms with Crippen LogP contribution in [0.25, 0.3) is 0 Å². The highest BCUT2D eigenvalue weighted by Gasteiger charge is 2.33. The summed E-state index contributed by atoms with van der Waals surface area (Å²) in [7, 11) is -4.08. The Labute approximate surface area is 134 Å². The van der Waals surface area contributed by atoms with Gasteiger partial charge in [0.25, 0.3) is 0 Å². The van der Waals surface area contributed by atoms with Crippen LogP contribution in [0.5, 0.6) is 0 Å². The van der Waals surface area contributed by atoms with E-state index >= 15 is 0 Å². The Morgan fingerprint density at radius 1 is 1.00 bits per heavy atom. The van der Waals surface area contributed by atoms with Crippen LogP contribution in [0.2, 0.25) is 39.3 Å². The van der Waals surface area contributed by atoms with Crippen LogP contribution >= 0.6 is 0 Å². The number of ether oxygens (including phenoxy) is 1. The number of hydrogen-bond acceptors (Lipinski definition) is 4. The van der Waals surface area contributed by atoms with E-state index in [2.05, 4.69) is 46.2 Å². The fraction of sp³-hybridized carbons (Fsp3) is 0.786. The van der Waals surface area contributed by atoms with Gasteiger partial charge in [-0.2, -0.15) is 0 Å². The molecule has 0 atom stereocenters. The van der Waals surface area contributed by atoms with Crippen molar-refractivity contribution in [3.05, 3.63) is 10.8 Å². The molecule has 0 amide bonds. The zero-order valence-corrected chi connectivity index (χ0v) is 18.3. The molecule has 7 heteroatoms. The molecule has 0 fully saturated rings. The van der Waals surface area contributed by atoms with Crippen molar-refractivity contribution in [2.24, 2.45) is 0 Å². The summed E-state index contributed by atoms with van der Waals surface area (Å²) < 4.78 is 17.6. The van der Waals surface area contributed by atoms with Gasteiger partial charge in [0.2, 0.25) is 0 Å². The average Bonchev–Trinajstić information content (AvgIpc) is 2.29. The number of carbonyl (C=O) groups excluding carboxylic acids is 1. The highest BCUT2D eigenvalue weighted by Crippen LogP contribution is 2.23. The number of methoxy groups -OCH3 is 1. The summed E-state index contributed by atoms with van der Waals surface area (Å²) in [6.45, 7) is 16.9. The Kier molecular flexibility index (Phi) is 8.33. The summed E-state index contributed by atoms with van der Waals surface area (Å²) in [6.07, 6.45) is 1.81. The van der Waals surface area contributed by atoms with Crippen molar-refractivity contribution in [2.75, 3.05) is 7.11 Å². The van der Waals surface area contributed by atoms with Gasteiger partial charge in [-0.1, -0.05) is 13.3 Å². The minimum atomic E-state index is -2.04. The number of hydrogen-bond donors (Lipinski definition) is 0. The molecule has 0 aliphatic rings. The standard InChI is InChI=1S/C14H32O4Si3/c1-10-11-13(12(2)14(15)16-3)19(17-20(4,5)6)18-21(7,8)9/h19H,10-11H2,1-9H3/b13-12+. The molecule has 0 rings (SSSR count). The van der Waals surface area contributed by atoms with E-state index in [1.807, 2.05) is 6.92 Å². The van der Waals surface area contributed by atoms with Crippen molar-refractivity contribution >= 4 is 31.9 Å². The first-order valence-electron chi connectivity index (χ1n) is 7.55. The van der Waals surface area contributed by atoms with Gasteiger partial charge in [0.1, 0.15) is 0 Å². The lowest BCUT2D eigenvalue weighted by atomic mass is 10.2. The third kappa shape index (κ3) is 8.72. The zero-order chi connectivity index (χ0) is 16.8. The van der Waals surface area contributed by atoms with Crippen LogP contribution in [0.15, 0.2) is 10.8 Å². The predicted octanol–water partition coefficient (Wildman–Crippen LogP) is 3.74. The van der Waals surface area contributed by atoms with Crippen LogP contribution in [0, 0.1) is 0 Å². The first-order valence-corrected chi connectivity index (χ1v) is 15.9. The Morgan fingerprint density at radius 2 is 1.43 bits per heavy atom. The summed E-state index contributed by atoms with van der Waals surface area (Å²) in [5, 5.41) is 1.06. The van der Waals surface area contributed by atoms with Crippen LogP contribution < -0.4 is 0 Å². The minimum Gasteiger partial charge on any atom is -0.466 e. The average molecular weight is 349 g/mol. The maximum Gasteiger partial charge on any atom is 0.333 e. The Balaban J connectivity index is 5.63. The van der Waals surface area contributed by atoms with Gasteiger partial charge in [-0.05, 0) is 57.8 Å². The SMILES string of the molecule is CCC/C(=C(/C)C(=O)OC)[SiH](O[Si](C)(C)C)O[Si](C)(C)C. The summed E-state index contributed by atoms with van der Waals surface area (Å²) >= 11 is 0. The number of esters is 1. The van der Waals surface area contributed by atoms with Crippen molar-refractivity contribution in [3.63, 3.8) is 0 Å². The highest BCUT2D eigenvalue weighted by atomic mass is 28.4. The number of allylic oxidation sites excluding steroid dienone is 1. The molecule has 0 aliphatic heterocycles. The molecular weight excluding hydrogens is 316 g/mol. The van der Waals surface area contributed by atoms with Crippen molar-refractivity contribution in [3.8, 4) is 0 Å². The van der Waals surface area contributed by atoms with Crippen LogP contribution in [-0.4, -0.2) is 39.0 Å². The summed E-state index contributed by atoms with van der Waals surface area (Å²) in [5.74, 6) is -0.269. The summed E-state index contributed by atoms with van der Waals surface area (Å²) in [4.78, 5) is 11.9. The van der Waals surface area contributed by atoms with E-state index in [0.29, 0.717) is 5.57 Å². The Hall–Kier alpha value is -0.219. The van der Waals surface area contributed by atoms with Crippen LogP contribution in [0.3, 0.4) is 0 Å². The van der Waals surface area contributed by atoms with E-state index in [0.717, 1.165) is 18.0 Å². The van der Waals surface area contributed by atoms with Gasteiger partial charge in [-0.3, -0.25) is 0 Å². The molecular formula is C14H32O4Si3. The second-order valence-electron chi connectivity index (χ2n) is 7.18. The number of rotatable bonds is 8. The summed E-state index contributed by atoms with van der Waals surface area (Å²) in [6, 6.07) is 0. The van der Waals surface area contributed by atoms with E-state index in [1.165, 1.54) is 7.11 Å². The van der Waals surface area contributed by atoms with Crippen LogP contribution in [0.1, 0.15) is 26.7 Å². The zero-order valence-electron chi connectivity index (χ0n) is 15.1. The molecule has 0 saturated carbocycles. The molecule has 0 aromatic heterocycles. The normalized spacial score (nSPS) is 14.2. The van der Waals surface area contributed by atoms with E-state index in [1.54, 1.807) is 0 Å². The van der Waals surface area contributed by atoms with Gasteiger partial charge >= 0.3 is 15.3 Å². The number of carbonyl (C=O) groups is 1. The van der Waals surface area contributed by atoms with Gasteiger partial charge in [0, 0.05) is 5.57 Å². The second kappa shape index (κ2) is 8.42. The van der Waals surface area contributed by atoms with Gasteiger partial charge in [-0.15, -0.1) is 0 Å². The first-order chi connectivity index (χ1) is 9.41. The molecule has 0 radical (unpaired) electrons. The molecule has 0 aromatic rings. The van der Waals surface area contributed by atoms with Crippen LogP contribution in [0.4, 0.5) is 0 Å². The molecule has 0 unspecified atom stereocenters. The smallest absolute Gasteiger partial charge is 0.333 e. The molecule has 21 heavy (non-hydrogen) atoms. The van der Waals surface area contributed by atoms with Gasteiger partial charge in [0.15, 0.2) is 16.6 Å². The third-order valence-corrected chi connectivity index (χ3v) is 11.4. The second-order valence-corrected chi connectivity index (χ2v) is 18.9. The summed E-state index contributed by atoms with van der Waals surface area (Å²) in [5.41, 5.74) is 0.674. The first kappa shape index (κ1) is 20.8. The highest BCUT2D eigenvalue weighted by molar-refractivity contribution is 6.83. The van der Waals surface area contributed by atoms with E-state index < -0.39 is 25.9 Å². The molecule has 124 valence electrons. The molecule has 0 bridgehead atoms. The fourth-order valence-corrected chi connectivity index (χ4v) is 9.74. The van der Waals surface area contributed by atoms with Gasteiger partial charge in [0.05, 0.1) is 7.11 Å². The van der Waals surface area contributed by atoms with Crippen molar-refractivity contribution in [2.45, 2.75) is 66.0 Å². The molecule has 0 spiro atoms. The third-order valence-electron chi connectivity index (χ3n) is 2.70. The van der Waals surface area contributed by atoms with E-state index in [-0.39, 0.29) is 5.97 Å². The molecule has 0 heterocycles. The molecule has 0 aliphatic carbocycles. The van der Waals surface area contributed by atoms with Crippen molar-refractivity contribution in [1.82, 2.24) is 0 Å². The monoisotopic (exact) mass is 348 g/mol. The lowest BCUT2D eigenvalue weighted by Crippen LogP contribution is -2.45. The lowest BCUT2D eigenvalue weighted by Gasteiger charge is -2.32. The van der Waals surface area contributed by atoms with Crippen molar-refractivity contribution in [1.29, 1.82) is 0 Å². The molecule has 0 aromatic carbocycles. The Bertz CT molecular complexity index is 365. The van der Waals surface area contributed by atoms with E-state index in [4.69, 9.17) is 13.0 Å². The maximum atomic E-state index is 11.9. The quantitative estimate of drug-likeness (QED) is 0.381. The maximum absolute atomic E-state index is 11.9. The predicted molar refractivity (Wildman–Crippen MR) is 95.6 cm³/mol. The van der Waals surface area contributed by atoms with Gasteiger partial charge in [-0.25, -0.2) is 4.79 Å². The minimum absolute atomic E-state index is 0.269. The van der Waals surface area contributed by atoms with E-state index in [9.17, 15) is 4.79 Å². The van der Waals surface area contributed by atoms with Crippen LogP contribution in [-0.2, 0) is 17.8 Å². The van der Waals surface area contributed by atoms with Crippen molar-refractivity contribution < 1.29 is 17.8 Å². The lowest BCUT2D eigenvalue weighted by molar-refractivity contribution is -0.136. The topological polar surface area (TPSA) is 44.8 Å². The largest absolute Gasteiger partial charge is 0.466 e. The molecule has 0 saturated heterocycles. The van der Waals surface area contributed by atoms with Gasteiger partial charge < -0.3 is 13.0 Å². The fourth-order valence-electron chi connectivity index (χ4n) is 1.84. The Morgan fingerprint density at radius 3 is 1.71 bits per heavy atom. The molecule has 0 N–H and O–H groups in total. The molecule has 4 nitrogen and oxygen atoms in total.